The van der Waals surface area contributed by atoms with E-state index >= 15 is 0 Å². The molecule has 0 bridgehead atoms. The van der Waals surface area contributed by atoms with Crippen molar-refractivity contribution in [3.8, 4) is 0 Å². The molecule has 8 aromatic rings. The van der Waals surface area contributed by atoms with Crippen molar-refractivity contribution in [2.24, 2.45) is 9.98 Å². The number of aromatic nitrogens is 1. The third-order valence-electron chi connectivity index (χ3n) is 8.43. The van der Waals surface area contributed by atoms with E-state index in [1.165, 1.54) is 46.2 Å². The van der Waals surface area contributed by atoms with E-state index in [2.05, 4.69) is 138 Å². The van der Waals surface area contributed by atoms with Crippen LogP contribution in [0.5, 0.6) is 0 Å². The van der Waals surface area contributed by atoms with Crippen molar-refractivity contribution in [1.29, 1.82) is 0 Å². The summed E-state index contributed by atoms with van der Waals surface area (Å²) < 4.78 is 5.18. The smallest absolute Gasteiger partial charge is 0.155 e. The van der Waals surface area contributed by atoms with Crippen LogP contribution in [0, 0.1) is 0 Å². The molecule has 0 amide bonds. The van der Waals surface area contributed by atoms with Gasteiger partial charge < -0.3 is 4.57 Å². The first kappa shape index (κ1) is 24.7. The van der Waals surface area contributed by atoms with Gasteiger partial charge in [0.15, 0.2) is 5.84 Å². The molecule has 43 heavy (non-hydrogen) atoms. The van der Waals surface area contributed by atoms with Gasteiger partial charge in [-0.05, 0) is 23.3 Å². The fourth-order valence-corrected chi connectivity index (χ4v) is 9.10. The van der Waals surface area contributed by atoms with Crippen molar-refractivity contribution < 1.29 is 0 Å². The first-order valence-electron chi connectivity index (χ1n) is 14.5. The van der Waals surface area contributed by atoms with Crippen LogP contribution in [0.4, 0.5) is 0 Å². The molecule has 0 saturated carbocycles. The van der Waals surface area contributed by atoms with E-state index in [0.717, 1.165) is 22.7 Å². The summed E-state index contributed by atoms with van der Waals surface area (Å²) in [5.41, 5.74) is 4.37. The Balaban J connectivity index is 1.42. The zero-order valence-corrected chi connectivity index (χ0v) is 24.7. The van der Waals surface area contributed by atoms with Crippen molar-refractivity contribution in [1.82, 2.24) is 4.57 Å². The van der Waals surface area contributed by atoms with Gasteiger partial charge in [0.1, 0.15) is 21.7 Å². The van der Waals surface area contributed by atoms with E-state index in [1.54, 1.807) is 0 Å². The van der Waals surface area contributed by atoms with Crippen molar-refractivity contribution in [2.75, 3.05) is 0 Å². The molecule has 0 N–H and O–H groups in total. The normalized spacial score (nSPS) is 17.1. The van der Waals surface area contributed by atoms with Gasteiger partial charge in [0.05, 0.1) is 5.71 Å². The predicted octanol–water partition coefficient (Wildman–Crippen LogP) is 10.5. The van der Waals surface area contributed by atoms with Gasteiger partial charge >= 0.3 is 0 Å². The zero-order valence-electron chi connectivity index (χ0n) is 23.1. The monoisotopic (exact) mass is 587 g/mol. The number of aliphatic imine (C=N–C) groups is 2. The van der Waals surface area contributed by atoms with Crippen LogP contribution in [0.3, 0.4) is 0 Å². The summed E-state index contributed by atoms with van der Waals surface area (Å²) in [6, 6.07) is 49.2. The average molecular weight is 588 g/mol. The molecular formula is C38H25N3S2. The average Bonchev–Trinajstić information content (AvgIpc) is 3.73. The quantitative estimate of drug-likeness (QED) is 0.196. The highest BCUT2D eigenvalue weighted by Crippen LogP contribution is 2.51. The van der Waals surface area contributed by atoms with E-state index in [4.69, 9.17) is 9.98 Å². The Labute approximate surface area is 256 Å². The molecule has 0 aliphatic carbocycles. The maximum atomic E-state index is 5.47. The molecule has 0 fully saturated rings. The van der Waals surface area contributed by atoms with Gasteiger partial charge in [0.2, 0.25) is 0 Å². The lowest BCUT2D eigenvalue weighted by Gasteiger charge is -2.32. The number of benzene rings is 5. The van der Waals surface area contributed by atoms with Gasteiger partial charge in [0.25, 0.3) is 0 Å². The minimum atomic E-state index is -0.168. The van der Waals surface area contributed by atoms with Gasteiger partial charge in [-0.1, -0.05) is 127 Å². The Morgan fingerprint density at radius 3 is 1.58 bits per heavy atom. The molecule has 2 atom stereocenters. The Morgan fingerprint density at radius 1 is 0.512 bits per heavy atom. The lowest BCUT2D eigenvalue weighted by molar-refractivity contribution is 0.551. The highest BCUT2D eigenvalue weighted by molar-refractivity contribution is 7.28. The maximum Gasteiger partial charge on any atom is 0.155 e. The summed E-state index contributed by atoms with van der Waals surface area (Å²) in [5, 5.41) is 5.30. The van der Waals surface area contributed by atoms with Crippen molar-refractivity contribution in [2.45, 2.75) is 12.1 Å². The summed E-state index contributed by atoms with van der Waals surface area (Å²) in [6.07, 6.45) is 0. The third kappa shape index (κ3) is 3.86. The number of nitrogens with zero attached hydrogens (tertiary/aromatic N) is 3. The molecule has 5 aromatic carbocycles. The fraction of sp³-hybridized carbons (Fsp3) is 0.0526. The Bertz CT molecular complexity index is 2250. The lowest BCUT2D eigenvalue weighted by Crippen LogP contribution is -2.30. The second-order valence-corrected chi connectivity index (χ2v) is 13.0. The van der Waals surface area contributed by atoms with Crippen molar-refractivity contribution in [3.63, 3.8) is 0 Å². The number of hydrogen-bond acceptors (Lipinski definition) is 4. The SMILES string of the molecule is c1ccc(C2=NC(c3ccccc3)C(n3c4sc5ccccc5c4c4c5ccccc5sc43)C(c3ccccc3)=N2)cc1. The second-order valence-electron chi connectivity index (χ2n) is 10.9. The molecule has 3 aromatic heterocycles. The van der Waals surface area contributed by atoms with Crippen LogP contribution in [0.1, 0.15) is 28.8 Å². The van der Waals surface area contributed by atoms with Gasteiger partial charge in [0, 0.05) is 36.5 Å². The fourth-order valence-electron chi connectivity index (χ4n) is 6.53. The molecule has 0 spiro atoms. The van der Waals surface area contributed by atoms with Crippen LogP contribution < -0.4 is 0 Å². The topological polar surface area (TPSA) is 29.6 Å². The molecule has 1 aliphatic rings. The van der Waals surface area contributed by atoms with Gasteiger partial charge in [-0.15, -0.1) is 22.7 Å². The molecule has 9 rings (SSSR count). The summed E-state index contributed by atoms with van der Waals surface area (Å²) in [6.45, 7) is 0. The van der Waals surface area contributed by atoms with E-state index in [-0.39, 0.29) is 12.1 Å². The summed E-state index contributed by atoms with van der Waals surface area (Å²) in [5.74, 6) is 0.775. The summed E-state index contributed by atoms with van der Waals surface area (Å²) in [4.78, 5) is 13.4. The number of thiophene rings is 2. The second kappa shape index (κ2) is 9.87. The molecule has 3 nitrogen and oxygen atoms in total. The minimum absolute atomic E-state index is 0.140. The highest BCUT2D eigenvalue weighted by atomic mass is 32.1. The summed E-state index contributed by atoms with van der Waals surface area (Å²) in [7, 11) is 0. The highest BCUT2D eigenvalue weighted by Gasteiger charge is 2.37. The Morgan fingerprint density at radius 2 is 1.00 bits per heavy atom. The third-order valence-corrected chi connectivity index (χ3v) is 10.8. The van der Waals surface area contributed by atoms with Crippen LogP contribution in [0.25, 0.3) is 40.6 Å². The molecular weight excluding hydrogens is 563 g/mol. The van der Waals surface area contributed by atoms with Crippen molar-refractivity contribution in [3.05, 3.63) is 156 Å². The van der Waals surface area contributed by atoms with Crippen molar-refractivity contribution >= 4 is 74.8 Å². The van der Waals surface area contributed by atoms with E-state index in [9.17, 15) is 0 Å². The van der Waals surface area contributed by atoms with Crippen LogP contribution in [0.15, 0.2) is 150 Å². The number of fused-ring (bicyclic) bond motifs is 7. The van der Waals surface area contributed by atoms with Gasteiger partial charge in [-0.3, -0.25) is 4.99 Å². The predicted molar refractivity (Wildman–Crippen MR) is 184 cm³/mol. The standard InChI is InChI=1S/C38H25N3S2/c1-4-14-24(15-5-1)33-35(34(25-16-6-2-7-17-25)40-36(39-33)26-18-8-3-9-19-26)41-37-31(27-20-10-12-22-29(27)42-37)32-28-21-11-13-23-30(28)43-38(32)41/h1-23,33,35H. The zero-order chi connectivity index (χ0) is 28.3. The number of amidine groups is 1. The molecule has 2 unspecified atom stereocenters. The number of rotatable bonds is 4. The molecule has 4 heterocycles. The lowest BCUT2D eigenvalue weighted by atomic mass is 9.90. The van der Waals surface area contributed by atoms with Crippen LogP contribution in [0.2, 0.25) is 0 Å². The molecule has 1 aliphatic heterocycles. The molecule has 0 radical (unpaired) electrons. The molecule has 5 heteroatoms. The van der Waals surface area contributed by atoms with Crippen LogP contribution >= 0.6 is 22.7 Å². The van der Waals surface area contributed by atoms with E-state index < -0.39 is 0 Å². The van der Waals surface area contributed by atoms with Crippen LogP contribution in [-0.2, 0) is 0 Å². The summed E-state index contributed by atoms with van der Waals surface area (Å²) >= 11 is 3.76. The largest absolute Gasteiger partial charge is 0.312 e. The molecule has 0 saturated heterocycles. The minimum Gasteiger partial charge on any atom is -0.312 e. The Kier molecular flexibility index (Phi) is 5.68. The van der Waals surface area contributed by atoms with Crippen LogP contribution in [-0.4, -0.2) is 16.1 Å². The van der Waals surface area contributed by atoms with E-state index in [1.807, 2.05) is 28.7 Å². The van der Waals surface area contributed by atoms with Gasteiger partial charge in [-0.2, -0.15) is 0 Å². The Hall–Kier alpha value is -4.84. The maximum absolute atomic E-state index is 5.47. The van der Waals surface area contributed by atoms with Gasteiger partial charge in [-0.25, -0.2) is 4.99 Å². The molecule has 204 valence electrons. The first-order valence-corrected chi connectivity index (χ1v) is 16.1. The number of hydrogen-bond donors (Lipinski definition) is 0. The first-order chi connectivity index (χ1) is 21.3. The van der Waals surface area contributed by atoms with E-state index in [0.29, 0.717) is 0 Å².